The molecule has 1 aromatic carbocycles. The number of ether oxygens (including phenoxy) is 2. The van der Waals surface area contributed by atoms with Gasteiger partial charge in [-0.3, -0.25) is 4.79 Å². The smallest absolute Gasteiger partial charge is 0.273 e. The van der Waals surface area contributed by atoms with Gasteiger partial charge in [-0.2, -0.15) is 0 Å². The van der Waals surface area contributed by atoms with Crippen molar-refractivity contribution in [2.24, 2.45) is 0 Å². The maximum Gasteiger partial charge on any atom is 0.273 e. The summed E-state index contributed by atoms with van der Waals surface area (Å²) in [7, 11) is 0. The van der Waals surface area contributed by atoms with Crippen LogP contribution in [0.4, 0.5) is 4.39 Å². The van der Waals surface area contributed by atoms with E-state index >= 15 is 0 Å². The first kappa shape index (κ1) is 19.0. The molecule has 1 amide bonds. The van der Waals surface area contributed by atoms with Gasteiger partial charge in [-0.15, -0.1) is 5.10 Å². The Kier molecular flexibility index (Phi) is 7.03. The van der Waals surface area contributed by atoms with Crippen LogP contribution in [0, 0.1) is 5.82 Å². The predicted molar refractivity (Wildman–Crippen MR) is 89.3 cm³/mol. The predicted octanol–water partition coefficient (Wildman–Crippen LogP) is 2.31. The molecule has 0 fully saturated rings. The fraction of sp³-hybridized carbons (Fsp3) is 0.471. The summed E-state index contributed by atoms with van der Waals surface area (Å²) in [4.78, 5) is 12.3. The highest BCUT2D eigenvalue weighted by Gasteiger charge is 2.17. The minimum atomic E-state index is -0.446. The molecule has 0 saturated heterocycles. The van der Waals surface area contributed by atoms with Gasteiger partial charge in [-0.1, -0.05) is 17.3 Å². The largest absolute Gasteiger partial charge is 0.351 e. The molecule has 1 atom stereocenters. The fourth-order valence-electron chi connectivity index (χ4n) is 2.30. The summed E-state index contributed by atoms with van der Waals surface area (Å²) in [6, 6.07) is 5.74. The SMILES string of the molecule is CCOC(Cn1cc(C(=O)N[C@@H](C)c2cccc(F)c2)nn1)OCC. The lowest BCUT2D eigenvalue weighted by atomic mass is 10.1. The van der Waals surface area contributed by atoms with Gasteiger partial charge in [-0.25, -0.2) is 9.07 Å². The molecule has 1 aromatic heterocycles. The van der Waals surface area contributed by atoms with Crippen molar-refractivity contribution in [2.45, 2.75) is 39.6 Å². The number of benzene rings is 1. The molecule has 0 aliphatic rings. The van der Waals surface area contributed by atoms with E-state index in [2.05, 4.69) is 15.6 Å². The maximum absolute atomic E-state index is 13.3. The molecule has 0 unspecified atom stereocenters. The zero-order chi connectivity index (χ0) is 18.2. The van der Waals surface area contributed by atoms with E-state index in [1.807, 2.05) is 13.8 Å². The Morgan fingerprint density at radius 2 is 2.04 bits per heavy atom. The van der Waals surface area contributed by atoms with Crippen molar-refractivity contribution >= 4 is 5.91 Å². The maximum atomic E-state index is 13.3. The van der Waals surface area contributed by atoms with Gasteiger partial charge < -0.3 is 14.8 Å². The Labute approximate surface area is 146 Å². The van der Waals surface area contributed by atoms with E-state index in [9.17, 15) is 9.18 Å². The zero-order valence-electron chi connectivity index (χ0n) is 14.6. The number of halogens is 1. The second-order valence-electron chi connectivity index (χ2n) is 5.42. The van der Waals surface area contributed by atoms with Crippen LogP contribution in [0.5, 0.6) is 0 Å². The van der Waals surface area contributed by atoms with Crippen molar-refractivity contribution in [3.8, 4) is 0 Å². The highest BCUT2D eigenvalue weighted by molar-refractivity contribution is 5.92. The van der Waals surface area contributed by atoms with E-state index in [0.717, 1.165) is 0 Å². The van der Waals surface area contributed by atoms with E-state index in [0.29, 0.717) is 25.3 Å². The van der Waals surface area contributed by atoms with Crippen LogP contribution in [0.1, 0.15) is 42.9 Å². The Morgan fingerprint density at radius 1 is 1.32 bits per heavy atom. The van der Waals surface area contributed by atoms with Crippen LogP contribution in [0.2, 0.25) is 0 Å². The zero-order valence-corrected chi connectivity index (χ0v) is 14.6. The molecule has 1 N–H and O–H groups in total. The molecule has 2 rings (SSSR count). The summed E-state index contributed by atoms with van der Waals surface area (Å²) >= 11 is 0. The summed E-state index contributed by atoms with van der Waals surface area (Å²) in [5.41, 5.74) is 0.850. The Bertz CT molecular complexity index is 686. The van der Waals surface area contributed by atoms with Gasteiger partial charge in [0.05, 0.1) is 18.8 Å². The molecule has 0 radical (unpaired) electrons. The average molecular weight is 350 g/mol. The van der Waals surface area contributed by atoms with Crippen molar-refractivity contribution in [3.05, 3.63) is 47.5 Å². The van der Waals surface area contributed by atoms with E-state index in [1.165, 1.54) is 23.0 Å². The highest BCUT2D eigenvalue weighted by Crippen LogP contribution is 2.14. The molecule has 0 aliphatic carbocycles. The van der Waals surface area contributed by atoms with Crippen molar-refractivity contribution in [1.29, 1.82) is 0 Å². The third-order valence-corrected chi connectivity index (χ3v) is 3.51. The monoisotopic (exact) mass is 350 g/mol. The Hall–Kier alpha value is -2.32. The Balaban J connectivity index is 1.97. The number of hydrogen-bond acceptors (Lipinski definition) is 5. The minimum Gasteiger partial charge on any atom is -0.351 e. The lowest BCUT2D eigenvalue weighted by Gasteiger charge is -2.16. The second-order valence-corrected chi connectivity index (χ2v) is 5.42. The third-order valence-electron chi connectivity index (χ3n) is 3.51. The van der Waals surface area contributed by atoms with Gasteiger partial charge in [0, 0.05) is 13.2 Å². The van der Waals surface area contributed by atoms with E-state index in [-0.39, 0.29) is 23.5 Å². The first-order valence-electron chi connectivity index (χ1n) is 8.23. The van der Waals surface area contributed by atoms with Gasteiger partial charge in [0.2, 0.25) is 0 Å². The van der Waals surface area contributed by atoms with Crippen LogP contribution >= 0.6 is 0 Å². The third kappa shape index (κ3) is 5.61. The van der Waals surface area contributed by atoms with Gasteiger partial charge in [0.1, 0.15) is 5.82 Å². The van der Waals surface area contributed by atoms with Crippen LogP contribution in [0.15, 0.2) is 30.5 Å². The van der Waals surface area contributed by atoms with E-state index in [4.69, 9.17) is 9.47 Å². The minimum absolute atomic E-state index is 0.176. The molecule has 0 bridgehead atoms. The topological polar surface area (TPSA) is 78.3 Å². The van der Waals surface area contributed by atoms with Crippen molar-refractivity contribution < 1.29 is 18.7 Å². The summed E-state index contributed by atoms with van der Waals surface area (Å²) in [5, 5.41) is 10.6. The van der Waals surface area contributed by atoms with E-state index in [1.54, 1.807) is 19.1 Å². The molecule has 0 saturated carbocycles. The molecular weight excluding hydrogens is 327 g/mol. The van der Waals surface area contributed by atoms with Crippen LogP contribution in [-0.2, 0) is 16.0 Å². The van der Waals surface area contributed by atoms with Gasteiger partial charge >= 0.3 is 0 Å². The van der Waals surface area contributed by atoms with Crippen molar-refractivity contribution in [2.75, 3.05) is 13.2 Å². The molecule has 7 nitrogen and oxygen atoms in total. The molecule has 2 aromatic rings. The van der Waals surface area contributed by atoms with Gasteiger partial charge in [0.25, 0.3) is 5.91 Å². The molecule has 1 heterocycles. The second kappa shape index (κ2) is 9.24. The summed E-state index contributed by atoms with van der Waals surface area (Å²) in [6.07, 6.45) is 1.08. The molecule has 0 spiro atoms. The molecule has 25 heavy (non-hydrogen) atoms. The summed E-state index contributed by atoms with van der Waals surface area (Å²) in [5.74, 6) is -0.727. The van der Waals surface area contributed by atoms with Crippen molar-refractivity contribution in [3.63, 3.8) is 0 Å². The van der Waals surface area contributed by atoms with Crippen LogP contribution in [-0.4, -0.2) is 40.4 Å². The van der Waals surface area contributed by atoms with E-state index < -0.39 is 6.29 Å². The van der Waals surface area contributed by atoms with Gasteiger partial charge in [0.15, 0.2) is 12.0 Å². The number of nitrogens with zero attached hydrogens (tertiary/aromatic N) is 3. The first-order valence-corrected chi connectivity index (χ1v) is 8.23. The molecule has 136 valence electrons. The number of carbonyl (C=O) groups excluding carboxylic acids is 1. The molecule has 8 heteroatoms. The first-order chi connectivity index (χ1) is 12.0. The number of amides is 1. The number of carbonyl (C=O) groups is 1. The van der Waals surface area contributed by atoms with Crippen LogP contribution in [0.25, 0.3) is 0 Å². The average Bonchev–Trinajstić information content (AvgIpc) is 3.04. The lowest BCUT2D eigenvalue weighted by molar-refractivity contribution is -0.145. The van der Waals surface area contributed by atoms with Crippen LogP contribution < -0.4 is 5.32 Å². The fourth-order valence-corrected chi connectivity index (χ4v) is 2.30. The highest BCUT2D eigenvalue weighted by atomic mass is 19.1. The molecular formula is C17H23FN4O3. The number of rotatable bonds is 9. The van der Waals surface area contributed by atoms with Crippen LogP contribution in [0.3, 0.4) is 0 Å². The number of aromatic nitrogens is 3. The molecule has 0 aliphatic heterocycles. The van der Waals surface area contributed by atoms with Gasteiger partial charge in [-0.05, 0) is 38.5 Å². The lowest BCUT2D eigenvalue weighted by Crippen LogP contribution is -2.27. The quantitative estimate of drug-likeness (QED) is 0.702. The van der Waals surface area contributed by atoms with Crippen molar-refractivity contribution in [1.82, 2.24) is 20.3 Å². The number of hydrogen-bond donors (Lipinski definition) is 1. The number of nitrogens with one attached hydrogen (secondary N) is 1. The Morgan fingerprint density at radius 3 is 2.68 bits per heavy atom. The summed E-state index contributed by atoms with van der Waals surface area (Å²) in [6.45, 7) is 6.88. The summed E-state index contributed by atoms with van der Waals surface area (Å²) < 4.78 is 25.7. The normalized spacial score (nSPS) is 12.4. The standard InChI is InChI=1S/C17H23FN4O3/c1-4-24-16(25-5-2)11-22-10-15(20-21-22)17(23)19-12(3)13-7-6-8-14(18)9-13/h6-10,12,16H,4-5,11H2,1-3H3,(H,19,23)/t12-/m0/s1.